The highest BCUT2D eigenvalue weighted by atomic mass is 16.2. The Morgan fingerprint density at radius 2 is 1.83 bits per heavy atom. The molecule has 8 nitrogen and oxygen atoms in total. The van der Waals surface area contributed by atoms with Crippen molar-refractivity contribution in [3.63, 3.8) is 0 Å². The van der Waals surface area contributed by atoms with E-state index in [0.717, 1.165) is 37.1 Å². The van der Waals surface area contributed by atoms with Crippen molar-refractivity contribution in [2.24, 2.45) is 13.0 Å². The smallest absolute Gasteiger partial charge is 0.256 e. The summed E-state index contributed by atoms with van der Waals surface area (Å²) in [5.74, 6) is 1.26. The Morgan fingerprint density at radius 1 is 1.14 bits per heavy atom. The molecule has 2 amide bonds. The monoisotopic (exact) mass is 398 g/mol. The summed E-state index contributed by atoms with van der Waals surface area (Å²) in [4.78, 5) is 35.3. The number of hydrogen-bond donors (Lipinski definition) is 1. The molecule has 0 atom stereocenters. The molecular formula is C21H30N6O2. The summed E-state index contributed by atoms with van der Waals surface area (Å²) in [7, 11) is 5.32. The fourth-order valence-electron chi connectivity index (χ4n) is 3.90. The van der Waals surface area contributed by atoms with E-state index in [1.165, 1.54) is 0 Å². The van der Waals surface area contributed by atoms with Gasteiger partial charge in [-0.25, -0.2) is 9.97 Å². The van der Waals surface area contributed by atoms with Gasteiger partial charge in [0.05, 0.1) is 23.0 Å². The number of amides is 2. The van der Waals surface area contributed by atoms with Crippen LogP contribution in [0, 0.1) is 19.8 Å². The molecule has 1 N–H and O–H groups in total. The molecule has 2 aromatic rings. The maximum atomic E-state index is 12.5. The van der Waals surface area contributed by atoms with Crippen molar-refractivity contribution in [3.05, 3.63) is 40.7 Å². The predicted octanol–water partition coefficient (Wildman–Crippen LogP) is 2.23. The standard InChI is InChI=1S/C21H30N6O2/c1-13-17(12-24-27(13)5)20(28)23-10-15-6-8-16(9-7-15)19-18(21(29)26(3)4)11-22-14(2)25-19/h11-12,15-16H,6-10H2,1-5H3,(H,23,28). The molecule has 1 saturated carbocycles. The van der Waals surface area contributed by atoms with Crippen LogP contribution < -0.4 is 5.32 Å². The Hall–Kier alpha value is -2.77. The lowest BCUT2D eigenvalue weighted by Gasteiger charge is -2.29. The molecule has 0 radical (unpaired) electrons. The third-order valence-corrected chi connectivity index (χ3v) is 5.84. The van der Waals surface area contributed by atoms with E-state index < -0.39 is 0 Å². The third-order valence-electron chi connectivity index (χ3n) is 5.84. The van der Waals surface area contributed by atoms with Gasteiger partial charge in [0.25, 0.3) is 11.8 Å². The van der Waals surface area contributed by atoms with Gasteiger partial charge in [-0.3, -0.25) is 14.3 Å². The van der Waals surface area contributed by atoms with Crippen LogP contribution in [-0.2, 0) is 7.05 Å². The molecule has 0 saturated heterocycles. The topological polar surface area (TPSA) is 93.0 Å². The second kappa shape index (κ2) is 8.71. The number of aromatic nitrogens is 4. The molecule has 0 unspecified atom stereocenters. The summed E-state index contributed by atoms with van der Waals surface area (Å²) in [6, 6.07) is 0. The van der Waals surface area contributed by atoms with E-state index in [2.05, 4.69) is 20.4 Å². The van der Waals surface area contributed by atoms with Crippen molar-refractivity contribution in [1.29, 1.82) is 0 Å². The number of rotatable bonds is 5. The van der Waals surface area contributed by atoms with E-state index in [1.54, 1.807) is 36.1 Å². The van der Waals surface area contributed by atoms with E-state index >= 15 is 0 Å². The van der Waals surface area contributed by atoms with Gasteiger partial charge in [0.1, 0.15) is 5.82 Å². The molecule has 8 heteroatoms. The number of aryl methyl sites for hydroxylation is 2. The van der Waals surface area contributed by atoms with Crippen LogP contribution in [0.5, 0.6) is 0 Å². The summed E-state index contributed by atoms with van der Waals surface area (Å²) in [5.41, 5.74) is 2.96. The van der Waals surface area contributed by atoms with Crippen LogP contribution in [0.4, 0.5) is 0 Å². The van der Waals surface area contributed by atoms with Crippen molar-refractivity contribution in [2.75, 3.05) is 20.6 Å². The largest absolute Gasteiger partial charge is 0.352 e. The van der Waals surface area contributed by atoms with Gasteiger partial charge in [-0.2, -0.15) is 5.10 Å². The lowest BCUT2D eigenvalue weighted by Crippen LogP contribution is -2.32. The summed E-state index contributed by atoms with van der Waals surface area (Å²) in [6.45, 7) is 4.41. The number of hydrogen-bond acceptors (Lipinski definition) is 5. The van der Waals surface area contributed by atoms with Crippen molar-refractivity contribution in [1.82, 2.24) is 30.0 Å². The average Bonchev–Trinajstić information content (AvgIpc) is 3.04. The van der Waals surface area contributed by atoms with Crippen molar-refractivity contribution >= 4 is 11.8 Å². The summed E-state index contributed by atoms with van der Waals surface area (Å²) >= 11 is 0. The SMILES string of the molecule is Cc1ncc(C(=O)N(C)C)c(C2CCC(CNC(=O)c3cnn(C)c3C)CC2)n1. The second-order valence-corrected chi connectivity index (χ2v) is 8.11. The number of nitrogens with zero attached hydrogens (tertiary/aromatic N) is 5. The van der Waals surface area contributed by atoms with Gasteiger partial charge in [-0.15, -0.1) is 0 Å². The normalized spacial score (nSPS) is 19.1. The molecule has 0 aromatic carbocycles. The minimum Gasteiger partial charge on any atom is -0.352 e. The van der Waals surface area contributed by atoms with Gasteiger partial charge in [-0.1, -0.05) is 0 Å². The molecule has 1 aliphatic rings. The fraction of sp³-hybridized carbons (Fsp3) is 0.571. The van der Waals surface area contributed by atoms with Crippen molar-refractivity contribution < 1.29 is 9.59 Å². The maximum Gasteiger partial charge on any atom is 0.256 e. The number of nitrogens with one attached hydrogen (secondary N) is 1. The molecule has 0 spiro atoms. The lowest BCUT2D eigenvalue weighted by molar-refractivity contribution is 0.0823. The number of carbonyl (C=O) groups is 2. The highest BCUT2D eigenvalue weighted by molar-refractivity contribution is 5.95. The molecule has 1 fully saturated rings. The zero-order valence-corrected chi connectivity index (χ0v) is 17.9. The van der Waals surface area contributed by atoms with E-state index in [-0.39, 0.29) is 17.7 Å². The molecule has 0 bridgehead atoms. The Morgan fingerprint density at radius 3 is 2.41 bits per heavy atom. The molecule has 2 aromatic heterocycles. The van der Waals surface area contributed by atoms with Crippen LogP contribution in [0.15, 0.2) is 12.4 Å². The quantitative estimate of drug-likeness (QED) is 0.834. The molecular weight excluding hydrogens is 368 g/mol. The van der Waals surface area contributed by atoms with Crippen molar-refractivity contribution in [2.45, 2.75) is 45.4 Å². The first-order valence-corrected chi connectivity index (χ1v) is 10.1. The average molecular weight is 399 g/mol. The molecule has 0 aliphatic heterocycles. The minimum atomic E-state index is -0.0667. The Balaban J connectivity index is 1.60. The Labute approximate surface area is 171 Å². The van der Waals surface area contributed by atoms with E-state index in [9.17, 15) is 9.59 Å². The minimum absolute atomic E-state index is 0.0544. The Kier molecular flexibility index (Phi) is 6.30. The highest BCUT2D eigenvalue weighted by Crippen LogP contribution is 2.36. The van der Waals surface area contributed by atoms with E-state index in [1.807, 2.05) is 20.9 Å². The summed E-state index contributed by atoms with van der Waals surface area (Å²) in [5, 5.41) is 7.18. The first-order chi connectivity index (χ1) is 13.8. The second-order valence-electron chi connectivity index (χ2n) is 8.11. The van der Waals surface area contributed by atoms with Crippen LogP contribution in [0.2, 0.25) is 0 Å². The lowest BCUT2D eigenvalue weighted by atomic mass is 9.79. The molecule has 156 valence electrons. The van der Waals surface area contributed by atoms with Gasteiger partial charge >= 0.3 is 0 Å². The van der Waals surface area contributed by atoms with Gasteiger partial charge in [0.2, 0.25) is 0 Å². The summed E-state index contributed by atoms with van der Waals surface area (Å²) < 4.78 is 1.70. The van der Waals surface area contributed by atoms with Crippen LogP contribution in [0.1, 0.15) is 69.5 Å². The zero-order chi connectivity index (χ0) is 21.1. The highest BCUT2D eigenvalue weighted by Gasteiger charge is 2.28. The first kappa shape index (κ1) is 21.0. The molecule has 2 heterocycles. The van der Waals surface area contributed by atoms with Gasteiger partial charge in [0, 0.05) is 45.5 Å². The zero-order valence-electron chi connectivity index (χ0n) is 17.9. The van der Waals surface area contributed by atoms with Crippen molar-refractivity contribution in [3.8, 4) is 0 Å². The van der Waals surface area contributed by atoms with Gasteiger partial charge < -0.3 is 10.2 Å². The summed E-state index contributed by atoms with van der Waals surface area (Å²) in [6.07, 6.45) is 7.17. The third kappa shape index (κ3) is 4.63. The van der Waals surface area contributed by atoms with Gasteiger partial charge in [0.15, 0.2) is 0 Å². The van der Waals surface area contributed by atoms with Crippen LogP contribution in [-0.4, -0.2) is 57.1 Å². The van der Waals surface area contributed by atoms with Crippen LogP contribution in [0.25, 0.3) is 0 Å². The maximum absolute atomic E-state index is 12.5. The molecule has 29 heavy (non-hydrogen) atoms. The van der Waals surface area contributed by atoms with E-state index in [4.69, 9.17) is 0 Å². The van der Waals surface area contributed by atoms with E-state index in [0.29, 0.717) is 29.4 Å². The fourth-order valence-corrected chi connectivity index (χ4v) is 3.90. The van der Waals surface area contributed by atoms with Gasteiger partial charge in [-0.05, 0) is 45.4 Å². The van der Waals surface area contributed by atoms with Crippen LogP contribution in [0.3, 0.4) is 0 Å². The molecule has 1 aliphatic carbocycles. The first-order valence-electron chi connectivity index (χ1n) is 10.1. The predicted molar refractivity (Wildman–Crippen MR) is 110 cm³/mol. The molecule has 3 rings (SSSR count). The van der Waals surface area contributed by atoms with Crippen LogP contribution >= 0.6 is 0 Å². The Bertz CT molecular complexity index is 897. The number of carbonyl (C=O) groups excluding carboxylic acids is 2.